The molecule has 1 aromatic rings. The minimum absolute atomic E-state index is 0.103. The van der Waals surface area contributed by atoms with Crippen molar-refractivity contribution >= 4 is 6.29 Å². The maximum atomic E-state index is 10.5. The predicted octanol–water partition coefficient (Wildman–Crippen LogP) is 1.10. The van der Waals surface area contributed by atoms with E-state index in [0.29, 0.717) is 23.3 Å². The Morgan fingerprint density at radius 2 is 2.31 bits per heavy atom. The summed E-state index contributed by atoms with van der Waals surface area (Å²) < 4.78 is 10.1. The van der Waals surface area contributed by atoms with Crippen LogP contribution in [0.1, 0.15) is 15.9 Å². The fourth-order valence-corrected chi connectivity index (χ4v) is 1.20. The molecule has 2 rings (SSSR count). The van der Waals surface area contributed by atoms with Gasteiger partial charge in [0.05, 0.1) is 0 Å². The van der Waals surface area contributed by atoms with E-state index in [1.165, 1.54) is 0 Å². The van der Waals surface area contributed by atoms with Crippen LogP contribution in [0.25, 0.3) is 0 Å². The molecule has 4 nitrogen and oxygen atoms in total. The van der Waals surface area contributed by atoms with Crippen molar-refractivity contribution in [2.45, 2.75) is 0 Å². The highest BCUT2D eigenvalue weighted by Crippen LogP contribution is 2.36. The Morgan fingerprint density at radius 1 is 1.46 bits per heavy atom. The maximum absolute atomic E-state index is 10.5. The summed E-state index contributed by atoms with van der Waals surface area (Å²) in [6, 6.07) is 5.07. The van der Waals surface area contributed by atoms with Gasteiger partial charge in [0, 0.05) is 5.56 Å². The van der Waals surface area contributed by atoms with E-state index in [-0.39, 0.29) is 12.4 Å². The Labute approximate surface area is 74.3 Å². The first-order valence-corrected chi connectivity index (χ1v) is 3.64. The molecule has 1 heterocycles. The number of ether oxygens (including phenoxy) is 2. The summed E-state index contributed by atoms with van der Waals surface area (Å²) in [6.07, 6.45) is 0.626. The Bertz CT molecular complexity index is 406. The number of rotatable bonds is 1. The molecule has 1 aliphatic heterocycles. The maximum Gasteiger partial charge on any atom is 0.231 e. The fraction of sp³-hybridized carbons (Fsp3) is 0.111. The van der Waals surface area contributed by atoms with Crippen molar-refractivity contribution in [3.63, 3.8) is 0 Å². The van der Waals surface area contributed by atoms with Gasteiger partial charge in [-0.15, -0.1) is 0 Å². The zero-order chi connectivity index (χ0) is 9.26. The van der Waals surface area contributed by atoms with Gasteiger partial charge >= 0.3 is 0 Å². The van der Waals surface area contributed by atoms with Gasteiger partial charge in [-0.25, -0.2) is 0 Å². The van der Waals surface area contributed by atoms with Crippen LogP contribution in [-0.2, 0) is 0 Å². The van der Waals surface area contributed by atoms with Gasteiger partial charge in [0.15, 0.2) is 17.8 Å². The molecule has 13 heavy (non-hydrogen) atoms. The number of nitriles is 1. The number of nitrogens with zero attached hydrogens (tertiary/aromatic N) is 1. The van der Waals surface area contributed by atoms with E-state index in [9.17, 15) is 4.79 Å². The molecule has 1 aliphatic rings. The molecule has 64 valence electrons. The van der Waals surface area contributed by atoms with Gasteiger partial charge in [0.25, 0.3) is 0 Å². The number of hydrogen-bond acceptors (Lipinski definition) is 4. The fourth-order valence-electron chi connectivity index (χ4n) is 1.20. The summed E-state index contributed by atoms with van der Waals surface area (Å²) in [6.45, 7) is 0.103. The Balaban J connectivity index is 2.68. The standard InChI is InChI=1S/C9H5NO3/c10-3-7-6(4-11)1-2-8-9(7)13-5-12-8/h1-2,4H,5H2. The van der Waals surface area contributed by atoms with Crippen LogP contribution in [0.4, 0.5) is 0 Å². The molecule has 0 amide bonds. The van der Waals surface area contributed by atoms with Crippen molar-refractivity contribution in [1.29, 1.82) is 5.26 Å². The molecule has 0 radical (unpaired) electrons. The Morgan fingerprint density at radius 3 is 3.00 bits per heavy atom. The summed E-state index contributed by atoms with van der Waals surface area (Å²) >= 11 is 0. The van der Waals surface area contributed by atoms with Crippen LogP contribution in [0.5, 0.6) is 11.5 Å². The van der Waals surface area contributed by atoms with Gasteiger partial charge in [-0.05, 0) is 12.1 Å². The second-order valence-electron chi connectivity index (χ2n) is 2.49. The van der Waals surface area contributed by atoms with E-state index < -0.39 is 0 Å². The SMILES string of the molecule is N#Cc1c(C=O)ccc2c1OCO2. The third-order valence-electron chi connectivity index (χ3n) is 1.81. The van der Waals surface area contributed by atoms with Crippen molar-refractivity contribution in [3.05, 3.63) is 23.3 Å². The highest BCUT2D eigenvalue weighted by atomic mass is 16.7. The van der Waals surface area contributed by atoms with E-state index >= 15 is 0 Å². The lowest BCUT2D eigenvalue weighted by Crippen LogP contribution is -1.94. The van der Waals surface area contributed by atoms with E-state index in [4.69, 9.17) is 14.7 Å². The van der Waals surface area contributed by atoms with Gasteiger partial charge < -0.3 is 9.47 Å². The molecular weight excluding hydrogens is 170 g/mol. The molecule has 4 heteroatoms. The molecule has 0 aliphatic carbocycles. The lowest BCUT2D eigenvalue weighted by Gasteiger charge is -1.99. The zero-order valence-corrected chi connectivity index (χ0v) is 6.61. The number of aldehydes is 1. The van der Waals surface area contributed by atoms with Crippen molar-refractivity contribution in [1.82, 2.24) is 0 Å². The monoisotopic (exact) mass is 175 g/mol. The lowest BCUT2D eigenvalue weighted by molar-refractivity contribution is 0.112. The minimum Gasteiger partial charge on any atom is -0.454 e. The molecule has 0 saturated heterocycles. The summed E-state index contributed by atoms with van der Waals surface area (Å²) in [5.74, 6) is 0.884. The average Bonchev–Trinajstić information content (AvgIpc) is 2.63. The quantitative estimate of drug-likeness (QED) is 0.599. The van der Waals surface area contributed by atoms with Crippen LogP contribution >= 0.6 is 0 Å². The van der Waals surface area contributed by atoms with Crippen LogP contribution in [0.15, 0.2) is 12.1 Å². The van der Waals surface area contributed by atoms with Crippen LogP contribution in [0.3, 0.4) is 0 Å². The molecule has 1 aromatic carbocycles. The normalized spacial score (nSPS) is 12.2. The smallest absolute Gasteiger partial charge is 0.231 e. The van der Waals surface area contributed by atoms with Crippen LogP contribution in [-0.4, -0.2) is 13.1 Å². The molecule has 0 N–H and O–H groups in total. The summed E-state index contributed by atoms with van der Waals surface area (Å²) in [4.78, 5) is 10.5. The number of fused-ring (bicyclic) bond motifs is 1. The molecule has 0 aromatic heterocycles. The molecule has 0 unspecified atom stereocenters. The number of benzene rings is 1. The summed E-state index contributed by atoms with van der Waals surface area (Å²) in [5, 5.41) is 8.77. The highest BCUT2D eigenvalue weighted by Gasteiger charge is 2.20. The predicted molar refractivity (Wildman–Crippen MR) is 42.7 cm³/mol. The topological polar surface area (TPSA) is 59.3 Å². The van der Waals surface area contributed by atoms with Gasteiger partial charge in [-0.1, -0.05) is 0 Å². The number of carbonyl (C=O) groups is 1. The number of carbonyl (C=O) groups excluding carboxylic acids is 1. The van der Waals surface area contributed by atoms with E-state index in [1.807, 2.05) is 6.07 Å². The minimum atomic E-state index is 0.103. The Hall–Kier alpha value is -2.02. The van der Waals surface area contributed by atoms with Crippen LogP contribution in [0.2, 0.25) is 0 Å². The number of hydrogen-bond donors (Lipinski definition) is 0. The van der Waals surface area contributed by atoms with Crippen molar-refractivity contribution in [3.8, 4) is 17.6 Å². The third-order valence-corrected chi connectivity index (χ3v) is 1.81. The van der Waals surface area contributed by atoms with Crippen molar-refractivity contribution in [2.24, 2.45) is 0 Å². The summed E-state index contributed by atoms with van der Waals surface area (Å²) in [5.41, 5.74) is 0.566. The zero-order valence-electron chi connectivity index (χ0n) is 6.61. The molecule has 0 saturated carbocycles. The van der Waals surface area contributed by atoms with Crippen LogP contribution < -0.4 is 9.47 Å². The third kappa shape index (κ3) is 1.02. The van der Waals surface area contributed by atoms with E-state index in [1.54, 1.807) is 12.1 Å². The van der Waals surface area contributed by atoms with Crippen molar-refractivity contribution < 1.29 is 14.3 Å². The van der Waals surface area contributed by atoms with E-state index in [2.05, 4.69) is 0 Å². The molecule has 0 fully saturated rings. The molecule has 0 bridgehead atoms. The van der Waals surface area contributed by atoms with Gasteiger partial charge in [0.1, 0.15) is 11.6 Å². The Kier molecular flexibility index (Phi) is 1.64. The van der Waals surface area contributed by atoms with Gasteiger partial charge in [-0.3, -0.25) is 4.79 Å². The second-order valence-corrected chi connectivity index (χ2v) is 2.49. The van der Waals surface area contributed by atoms with Gasteiger partial charge in [0.2, 0.25) is 6.79 Å². The largest absolute Gasteiger partial charge is 0.454 e. The first-order chi connectivity index (χ1) is 6.36. The average molecular weight is 175 g/mol. The summed E-state index contributed by atoms with van der Waals surface area (Å²) in [7, 11) is 0. The highest BCUT2D eigenvalue weighted by molar-refractivity contribution is 5.82. The molecular formula is C9H5NO3. The van der Waals surface area contributed by atoms with E-state index in [0.717, 1.165) is 0 Å². The van der Waals surface area contributed by atoms with Crippen molar-refractivity contribution in [2.75, 3.05) is 6.79 Å². The molecule has 0 spiro atoms. The van der Waals surface area contributed by atoms with Gasteiger partial charge in [-0.2, -0.15) is 5.26 Å². The molecule has 0 atom stereocenters. The first kappa shape index (κ1) is 7.62. The second kappa shape index (κ2) is 2.79. The van der Waals surface area contributed by atoms with Crippen LogP contribution in [0, 0.1) is 11.3 Å². The lowest BCUT2D eigenvalue weighted by atomic mass is 10.1. The first-order valence-electron chi connectivity index (χ1n) is 3.64.